The highest BCUT2D eigenvalue weighted by molar-refractivity contribution is 5.87. The van der Waals surface area contributed by atoms with E-state index in [0.717, 1.165) is 35.6 Å². The molecule has 2 aliphatic rings. The van der Waals surface area contributed by atoms with E-state index in [4.69, 9.17) is 0 Å². The highest BCUT2D eigenvalue weighted by Crippen LogP contribution is 2.40. The zero-order chi connectivity index (χ0) is 18.9. The number of halogens is 3. The lowest BCUT2D eigenvalue weighted by Crippen LogP contribution is -2.54. The first-order chi connectivity index (χ1) is 12.2. The van der Waals surface area contributed by atoms with Crippen molar-refractivity contribution in [1.82, 2.24) is 10.4 Å². The van der Waals surface area contributed by atoms with E-state index in [0.29, 0.717) is 11.5 Å². The number of carbonyl (C=O) groups is 1. The largest absolute Gasteiger partial charge is 0.430 e. The molecule has 8 heteroatoms. The average molecular weight is 368 g/mol. The van der Waals surface area contributed by atoms with Gasteiger partial charge in [0.25, 0.3) is 11.5 Å². The van der Waals surface area contributed by atoms with Crippen molar-refractivity contribution in [2.75, 3.05) is 13.1 Å². The van der Waals surface area contributed by atoms with E-state index < -0.39 is 23.2 Å². The van der Waals surface area contributed by atoms with E-state index in [2.05, 4.69) is 5.32 Å². The molecule has 1 saturated carbocycles. The second-order valence-corrected chi connectivity index (χ2v) is 6.56. The molecule has 0 aromatic heterocycles. The van der Waals surface area contributed by atoms with E-state index in [1.165, 1.54) is 18.2 Å². The van der Waals surface area contributed by atoms with E-state index in [9.17, 15) is 28.3 Å². The van der Waals surface area contributed by atoms with Gasteiger partial charge in [-0.15, -0.1) is 0 Å². The lowest BCUT2D eigenvalue weighted by molar-refractivity contribution is -0.256. The topological polar surface area (TPSA) is 72.8 Å². The van der Waals surface area contributed by atoms with E-state index in [1.807, 2.05) is 0 Å². The van der Waals surface area contributed by atoms with Crippen LogP contribution in [0.3, 0.4) is 0 Å². The number of alkyl halides is 3. The van der Waals surface area contributed by atoms with Crippen LogP contribution in [0.2, 0.25) is 0 Å². The van der Waals surface area contributed by atoms with Crippen molar-refractivity contribution in [1.29, 1.82) is 0 Å². The highest BCUT2D eigenvalue weighted by atomic mass is 19.4. The average Bonchev–Trinajstić information content (AvgIpc) is 3.43. The van der Waals surface area contributed by atoms with Crippen molar-refractivity contribution in [2.45, 2.75) is 24.6 Å². The van der Waals surface area contributed by atoms with Gasteiger partial charge in [-0.2, -0.15) is 13.2 Å². The zero-order valence-corrected chi connectivity index (χ0v) is 13.8. The van der Waals surface area contributed by atoms with Crippen LogP contribution in [0.25, 0.3) is 0 Å². The highest BCUT2D eigenvalue weighted by Gasteiger charge is 2.60. The van der Waals surface area contributed by atoms with E-state index >= 15 is 0 Å². The van der Waals surface area contributed by atoms with Crippen LogP contribution in [0, 0.1) is 5.92 Å². The fourth-order valence-electron chi connectivity index (χ4n) is 2.92. The van der Waals surface area contributed by atoms with E-state index in [1.54, 1.807) is 12.3 Å². The van der Waals surface area contributed by atoms with Crippen molar-refractivity contribution in [2.24, 2.45) is 5.92 Å². The van der Waals surface area contributed by atoms with Crippen molar-refractivity contribution < 1.29 is 28.3 Å². The molecule has 5 nitrogen and oxygen atoms in total. The van der Waals surface area contributed by atoms with Gasteiger partial charge in [-0.25, -0.2) is 0 Å². The Labute approximate surface area is 148 Å². The molecule has 3 N–H and O–H groups in total. The van der Waals surface area contributed by atoms with Crippen LogP contribution in [-0.4, -0.2) is 40.5 Å². The number of amides is 1. The summed E-state index contributed by atoms with van der Waals surface area (Å²) < 4.78 is 40.4. The maximum absolute atomic E-state index is 13.5. The summed E-state index contributed by atoms with van der Waals surface area (Å²) in [7, 11) is 0. The van der Waals surface area contributed by atoms with Gasteiger partial charge >= 0.3 is 6.18 Å². The Kier molecular flexibility index (Phi) is 4.81. The number of allylic oxidation sites excluding steroid dienone is 2. The number of aliphatic hydroxyl groups is 1. The Morgan fingerprint density at radius 1 is 1.23 bits per heavy atom. The second kappa shape index (κ2) is 6.77. The Morgan fingerprint density at radius 3 is 2.46 bits per heavy atom. The number of benzene rings is 1. The maximum atomic E-state index is 13.5. The molecule has 0 radical (unpaired) electrons. The number of nitrogens with zero attached hydrogens (tertiary/aromatic N) is 1. The maximum Gasteiger partial charge on any atom is 0.430 e. The molecule has 1 heterocycles. The molecule has 1 aliphatic heterocycles. The molecule has 1 atom stereocenters. The van der Waals surface area contributed by atoms with Gasteiger partial charge in [-0.1, -0.05) is 36.4 Å². The molecule has 1 aliphatic carbocycles. The second-order valence-electron chi connectivity index (χ2n) is 6.56. The minimum atomic E-state index is -5.18. The first kappa shape index (κ1) is 18.5. The first-order valence-corrected chi connectivity index (χ1v) is 8.21. The van der Waals surface area contributed by atoms with Gasteiger partial charge in [0.2, 0.25) is 0 Å². The lowest BCUT2D eigenvalue weighted by atomic mass is 9.92. The molecular formula is C18H19F3N2O3. The predicted molar refractivity (Wildman–Crippen MR) is 86.8 cm³/mol. The van der Waals surface area contributed by atoms with Crippen molar-refractivity contribution >= 4 is 5.91 Å². The summed E-state index contributed by atoms with van der Waals surface area (Å²) >= 11 is 0. The Morgan fingerprint density at radius 2 is 1.88 bits per heavy atom. The minimum Gasteiger partial charge on any atom is -0.369 e. The molecule has 140 valence electrons. The van der Waals surface area contributed by atoms with Crippen LogP contribution in [0.15, 0.2) is 53.8 Å². The molecular weight excluding hydrogens is 349 g/mol. The molecule has 26 heavy (non-hydrogen) atoms. The molecule has 0 bridgehead atoms. The van der Waals surface area contributed by atoms with Gasteiger partial charge < -0.3 is 10.4 Å². The van der Waals surface area contributed by atoms with Crippen LogP contribution in [0.4, 0.5) is 13.2 Å². The van der Waals surface area contributed by atoms with Gasteiger partial charge in [0.1, 0.15) is 0 Å². The van der Waals surface area contributed by atoms with Crippen LogP contribution < -0.4 is 5.32 Å². The monoisotopic (exact) mass is 368 g/mol. The number of hydroxylamine groups is 2. The smallest absolute Gasteiger partial charge is 0.369 e. The minimum absolute atomic E-state index is 0.0757. The molecule has 0 spiro atoms. The summed E-state index contributed by atoms with van der Waals surface area (Å²) in [4.78, 5) is 12.3. The Hall–Kier alpha value is -2.32. The predicted octanol–water partition coefficient (Wildman–Crippen LogP) is 2.48. The standard InChI is InChI=1S/C18H19F3N2O3/c19-18(20,21)17(25,15-4-2-1-3-5-15)16(24)22-9-12-8-14(13-6-7-13)11-23(26)10-12/h1-5,8,11,13,25-26H,6-7,9-10H2,(H,22,24)/t17-/m0/s1. The lowest BCUT2D eigenvalue weighted by Gasteiger charge is -2.30. The third kappa shape index (κ3) is 3.61. The quantitative estimate of drug-likeness (QED) is 0.747. The summed E-state index contributed by atoms with van der Waals surface area (Å²) in [6.07, 6.45) is 0.176. The van der Waals surface area contributed by atoms with Gasteiger partial charge in [-0.3, -0.25) is 15.1 Å². The van der Waals surface area contributed by atoms with Crippen molar-refractivity contribution in [3.63, 3.8) is 0 Å². The fraction of sp³-hybridized carbons (Fsp3) is 0.389. The summed E-state index contributed by atoms with van der Waals surface area (Å²) in [6, 6.07) is 6.23. The van der Waals surface area contributed by atoms with Crippen molar-refractivity contribution in [3.05, 3.63) is 59.3 Å². The molecule has 0 saturated heterocycles. The van der Waals surface area contributed by atoms with Gasteiger partial charge in [0.15, 0.2) is 0 Å². The number of hydrogen-bond acceptors (Lipinski definition) is 4. The van der Waals surface area contributed by atoms with Crippen LogP contribution in [0.5, 0.6) is 0 Å². The molecule has 1 aromatic rings. The third-order valence-corrected chi connectivity index (χ3v) is 4.49. The van der Waals surface area contributed by atoms with Crippen LogP contribution in [0.1, 0.15) is 18.4 Å². The fourth-order valence-corrected chi connectivity index (χ4v) is 2.92. The molecule has 3 rings (SSSR count). The SMILES string of the molecule is O=C(NCC1=CC(C2CC2)=CN(O)C1)[C@@](O)(c1ccccc1)C(F)(F)F. The summed E-state index contributed by atoms with van der Waals surface area (Å²) in [6.45, 7) is -0.128. The molecule has 0 unspecified atom stereocenters. The normalized spacial score (nSPS) is 20.1. The molecule has 1 amide bonds. The van der Waals surface area contributed by atoms with Crippen molar-refractivity contribution in [3.8, 4) is 0 Å². The van der Waals surface area contributed by atoms with E-state index in [-0.39, 0.29) is 13.1 Å². The zero-order valence-electron chi connectivity index (χ0n) is 13.8. The third-order valence-electron chi connectivity index (χ3n) is 4.49. The summed E-state index contributed by atoms with van der Waals surface area (Å²) in [5, 5.41) is 23.0. The number of hydrogen-bond donors (Lipinski definition) is 3. The first-order valence-electron chi connectivity index (χ1n) is 8.21. The van der Waals surface area contributed by atoms with Crippen LogP contribution in [-0.2, 0) is 10.4 Å². The van der Waals surface area contributed by atoms with Crippen LogP contribution >= 0.6 is 0 Å². The number of nitrogens with one attached hydrogen (secondary N) is 1. The summed E-state index contributed by atoms with van der Waals surface area (Å²) in [5.41, 5.74) is -2.75. The van der Waals surface area contributed by atoms with Gasteiger partial charge in [0.05, 0.1) is 6.54 Å². The Balaban J connectivity index is 1.76. The van der Waals surface area contributed by atoms with Gasteiger partial charge in [0, 0.05) is 18.3 Å². The number of rotatable bonds is 5. The molecule has 1 aromatic carbocycles. The number of carbonyl (C=O) groups excluding carboxylic acids is 1. The van der Waals surface area contributed by atoms with Gasteiger partial charge in [-0.05, 0) is 29.9 Å². The summed E-state index contributed by atoms with van der Waals surface area (Å²) in [5.74, 6) is -1.21. The molecule has 1 fully saturated rings. The Bertz CT molecular complexity index is 742.